The largest absolute Gasteiger partial charge is 0.307 e. The van der Waals surface area contributed by atoms with Crippen molar-refractivity contribution < 1.29 is 0 Å². The molecule has 0 saturated carbocycles. The third-order valence-corrected chi connectivity index (χ3v) is 9.08. The minimum atomic E-state index is 0.946. The lowest BCUT2D eigenvalue weighted by Crippen LogP contribution is -2.04. The number of para-hydroxylation sites is 2. The third-order valence-electron chi connectivity index (χ3n) is 9.08. The molecule has 0 atom stereocenters. The molecule has 45 heavy (non-hydrogen) atoms. The van der Waals surface area contributed by atoms with Crippen molar-refractivity contribution in [2.24, 2.45) is 0 Å². The van der Waals surface area contributed by atoms with Gasteiger partial charge >= 0.3 is 0 Å². The summed E-state index contributed by atoms with van der Waals surface area (Å²) in [6.45, 7) is 2.22. The molecule has 0 saturated heterocycles. The molecule has 0 unspecified atom stereocenters. The molecule has 9 aromatic rings. The van der Waals surface area contributed by atoms with Crippen molar-refractivity contribution in [3.8, 4) is 33.9 Å². The molecule has 3 heterocycles. The van der Waals surface area contributed by atoms with Crippen LogP contribution in [0.15, 0.2) is 158 Å². The normalized spacial score (nSPS) is 11.7. The molecule has 0 bridgehead atoms. The van der Waals surface area contributed by atoms with Crippen molar-refractivity contribution in [1.82, 2.24) is 14.1 Å². The first-order chi connectivity index (χ1) is 22.3. The third kappa shape index (κ3) is 3.87. The molecule has 0 aliphatic carbocycles. The standard InChI is InChI=1S/C42H29N3/c1-28-35(29-15-5-2-6-16-29)27-36(31-18-7-3-8-19-31)43-42(28)45-38-26-25-30-17-11-12-22-33(30)39(38)41-40(45)34-23-13-14-24-37(34)44(41)32-20-9-4-10-21-32/h2-27H,1H3. The first-order valence-corrected chi connectivity index (χ1v) is 15.4. The van der Waals surface area contributed by atoms with E-state index in [1.54, 1.807) is 0 Å². The summed E-state index contributed by atoms with van der Waals surface area (Å²) in [5.41, 5.74) is 11.4. The van der Waals surface area contributed by atoms with Crippen LogP contribution in [0.3, 0.4) is 0 Å². The van der Waals surface area contributed by atoms with Crippen LogP contribution < -0.4 is 0 Å². The van der Waals surface area contributed by atoms with Gasteiger partial charge in [0.15, 0.2) is 0 Å². The molecule has 6 aromatic carbocycles. The molecule has 9 rings (SSSR count). The Labute approximate surface area is 261 Å². The summed E-state index contributed by atoms with van der Waals surface area (Å²) in [5.74, 6) is 0.946. The van der Waals surface area contributed by atoms with E-state index in [9.17, 15) is 0 Å². The first-order valence-electron chi connectivity index (χ1n) is 15.4. The zero-order valence-electron chi connectivity index (χ0n) is 24.9. The second-order valence-electron chi connectivity index (χ2n) is 11.6. The van der Waals surface area contributed by atoms with E-state index >= 15 is 0 Å². The fourth-order valence-electron chi connectivity index (χ4n) is 7.05. The second-order valence-corrected chi connectivity index (χ2v) is 11.6. The van der Waals surface area contributed by atoms with Crippen LogP contribution in [0, 0.1) is 6.92 Å². The van der Waals surface area contributed by atoms with Crippen LogP contribution in [0.25, 0.3) is 77.5 Å². The van der Waals surface area contributed by atoms with Crippen LogP contribution in [0.1, 0.15) is 5.56 Å². The van der Waals surface area contributed by atoms with Crippen molar-refractivity contribution >= 4 is 43.6 Å². The molecule has 0 aliphatic heterocycles. The molecule has 0 radical (unpaired) electrons. The molecule has 3 aromatic heterocycles. The number of aromatic nitrogens is 3. The van der Waals surface area contributed by atoms with E-state index < -0.39 is 0 Å². The van der Waals surface area contributed by atoms with E-state index in [4.69, 9.17) is 4.98 Å². The van der Waals surface area contributed by atoms with Gasteiger partial charge in [0, 0.05) is 27.6 Å². The maximum atomic E-state index is 5.49. The molecule has 0 N–H and O–H groups in total. The average Bonchev–Trinajstić information content (AvgIpc) is 3.62. The maximum Gasteiger partial charge on any atom is 0.141 e. The minimum absolute atomic E-state index is 0.946. The van der Waals surface area contributed by atoms with E-state index in [-0.39, 0.29) is 0 Å². The summed E-state index contributed by atoms with van der Waals surface area (Å²) in [7, 11) is 0. The van der Waals surface area contributed by atoms with Gasteiger partial charge in [0.25, 0.3) is 0 Å². The van der Waals surface area contributed by atoms with Crippen LogP contribution in [-0.2, 0) is 0 Å². The zero-order valence-corrected chi connectivity index (χ0v) is 24.9. The number of fused-ring (bicyclic) bond motifs is 7. The Hall–Kier alpha value is -5.93. The lowest BCUT2D eigenvalue weighted by molar-refractivity contribution is 1.06. The summed E-state index contributed by atoms with van der Waals surface area (Å²) in [6, 6.07) is 56.2. The molecular formula is C42H29N3. The Morgan fingerprint density at radius 3 is 1.87 bits per heavy atom. The molecular weight excluding hydrogens is 546 g/mol. The van der Waals surface area contributed by atoms with Gasteiger partial charge in [-0.25, -0.2) is 4.98 Å². The van der Waals surface area contributed by atoms with Gasteiger partial charge in [0.05, 0.1) is 27.8 Å². The predicted octanol–water partition coefficient (Wildman–Crippen LogP) is 10.9. The fourth-order valence-corrected chi connectivity index (χ4v) is 7.05. The van der Waals surface area contributed by atoms with Crippen molar-refractivity contribution in [2.75, 3.05) is 0 Å². The summed E-state index contributed by atoms with van der Waals surface area (Å²) < 4.78 is 4.86. The highest BCUT2D eigenvalue weighted by Gasteiger charge is 2.25. The van der Waals surface area contributed by atoms with Crippen molar-refractivity contribution in [3.05, 3.63) is 163 Å². The first kappa shape index (κ1) is 25.6. The van der Waals surface area contributed by atoms with Crippen molar-refractivity contribution in [3.63, 3.8) is 0 Å². The summed E-state index contributed by atoms with van der Waals surface area (Å²) in [4.78, 5) is 5.49. The van der Waals surface area contributed by atoms with Gasteiger partial charge in [0.2, 0.25) is 0 Å². The van der Waals surface area contributed by atoms with Gasteiger partial charge in [-0.3, -0.25) is 4.57 Å². The predicted molar refractivity (Wildman–Crippen MR) is 189 cm³/mol. The molecule has 0 amide bonds. The highest BCUT2D eigenvalue weighted by Crippen LogP contribution is 2.44. The summed E-state index contributed by atoms with van der Waals surface area (Å²) >= 11 is 0. The van der Waals surface area contributed by atoms with Crippen LogP contribution >= 0.6 is 0 Å². The number of hydrogen-bond acceptors (Lipinski definition) is 1. The van der Waals surface area contributed by atoms with Crippen LogP contribution in [-0.4, -0.2) is 14.1 Å². The zero-order chi connectivity index (χ0) is 29.9. The average molecular weight is 576 g/mol. The van der Waals surface area contributed by atoms with Gasteiger partial charge in [-0.1, -0.05) is 127 Å². The monoisotopic (exact) mass is 575 g/mol. The Balaban J connectivity index is 1.51. The van der Waals surface area contributed by atoms with Gasteiger partial charge in [-0.2, -0.15) is 0 Å². The van der Waals surface area contributed by atoms with E-state index in [0.29, 0.717) is 0 Å². The van der Waals surface area contributed by atoms with E-state index in [1.165, 1.54) is 49.2 Å². The number of pyridine rings is 1. The SMILES string of the molecule is Cc1c(-c2ccccc2)cc(-c2ccccc2)nc1-n1c2ccc3ccccc3c2c2c1c1ccccc1n2-c1ccccc1. The highest BCUT2D eigenvalue weighted by molar-refractivity contribution is 6.26. The van der Waals surface area contributed by atoms with Gasteiger partial charge in [-0.05, 0) is 59.2 Å². The Morgan fingerprint density at radius 1 is 0.489 bits per heavy atom. The minimum Gasteiger partial charge on any atom is -0.307 e. The fraction of sp³-hybridized carbons (Fsp3) is 0.0238. The van der Waals surface area contributed by atoms with Gasteiger partial charge in [-0.15, -0.1) is 0 Å². The number of benzene rings is 6. The summed E-state index contributed by atoms with van der Waals surface area (Å²) in [6.07, 6.45) is 0. The Kier molecular flexibility index (Phi) is 5.72. The Morgan fingerprint density at radius 2 is 1.11 bits per heavy atom. The Bertz CT molecular complexity index is 2520. The molecule has 0 fully saturated rings. The van der Waals surface area contributed by atoms with E-state index in [2.05, 4.69) is 174 Å². The topological polar surface area (TPSA) is 22.8 Å². The van der Waals surface area contributed by atoms with E-state index in [1.807, 2.05) is 0 Å². The number of hydrogen-bond donors (Lipinski definition) is 0. The van der Waals surface area contributed by atoms with Gasteiger partial charge in [0.1, 0.15) is 5.82 Å². The van der Waals surface area contributed by atoms with E-state index in [0.717, 1.165) is 33.8 Å². The molecule has 212 valence electrons. The van der Waals surface area contributed by atoms with Crippen LogP contribution in [0.4, 0.5) is 0 Å². The molecule has 0 aliphatic rings. The van der Waals surface area contributed by atoms with Crippen LogP contribution in [0.2, 0.25) is 0 Å². The lowest BCUT2D eigenvalue weighted by atomic mass is 9.98. The number of rotatable bonds is 4. The highest BCUT2D eigenvalue weighted by atomic mass is 15.1. The molecule has 0 spiro atoms. The summed E-state index contributed by atoms with van der Waals surface area (Å²) in [5, 5.41) is 4.89. The second kappa shape index (κ2) is 10.1. The van der Waals surface area contributed by atoms with Crippen LogP contribution in [0.5, 0.6) is 0 Å². The number of nitrogens with zero attached hydrogens (tertiary/aromatic N) is 3. The lowest BCUT2D eigenvalue weighted by Gasteiger charge is -2.17. The van der Waals surface area contributed by atoms with Crippen molar-refractivity contribution in [1.29, 1.82) is 0 Å². The quantitative estimate of drug-likeness (QED) is 0.205. The molecule has 3 nitrogen and oxygen atoms in total. The smallest absolute Gasteiger partial charge is 0.141 e. The maximum absolute atomic E-state index is 5.49. The van der Waals surface area contributed by atoms with Gasteiger partial charge < -0.3 is 4.57 Å². The van der Waals surface area contributed by atoms with Crippen molar-refractivity contribution in [2.45, 2.75) is 6.92 Å². The molecule has 3 heteroatoms.